The van der Waals surface area contributed by atoms with Crippen LogP contribution >= 0.6 is 11.3 Å². The van der Waals surface area contributed by atoms with Crippen LogP contribution in [-0.2, 0) is 0 Å². The number of nitrogens with zero attached hydrogens (tertiary/aromatic N) is 2. The highest BCUT2D eigenvalue weighted by atomic mass is 32.1. The average Bonchev–Trinajstić information content (AvgIpc) is 3.25. The molecule has 4 rings (SSSR count). The largest absolute Gasteiger partial charge is 0.391 e. The number of aromatic nitrogens is 1. The summed E-state index contributed by atoms with van der Waals surface area (Å²) < 4.78 is 0. The number of rotatable bonds is 2. The Hall–Kier alpha value is -1.18. The van der Waals surface area contributed by atoms with Crippen LogP contribution in [0.2, 0.25) is 0 Å². The van der Waals surface area contributed by atoms with Gasteiger partial charge in [0.05, 0.1) is 30.0 Å². The van der Waals surface area contributed by atoms with E-state index < -0.39 is 12.2 Å². The summed E-state index contributed by atoms with van der Waals surface area (Å²) in [5, 5.41) is 25.8. The van der Waals surface area contributed by atoms with Gasteiger partial charge in [-0.15, -0.1) is 11.3 Å². The van der Waals surface area contributed by atoms with Gasteiger partial charge in [-0.2, -0.15) is 0 Å². The molecule has 0 aromatic carbocycles. The maximum atomic E-state index is 12.6. The van der Waals surface area contributed by atoms with Crippen molar-refractivity contribution >= 4 is 22.5 Å². The van der Waals surface area contributed by atoms with Crippen LogP contribution in [0.5, 0.6) is 0 Å². The first kappa shape index (κ1) is 14.4. The number of carbonyl (C=O) groups is 1. The zero-order chi connectivity index (χ0) is 15.3. The van der Waals surface area contributed by atoms with Gasteiger partial charge in [-0.25, -0.2) is 9.78 Å². The maximum absolute atomic E-state index is 12.6. The van der Waals surface area contributed by atoms with E-state index in [1.54, 1.807) is 4.90 Å². The monoisotopic (exact) mass is 323 g/mol. The SMILES string of the molecule is O=C(Nc1nc(C2CC2)cs1)N1[C@@H]2CC[C@@H](O)[C@H]1CC[C@H]2O. The number of piperidine rings is 2. The minimum absolute atomic E-state index is 0.190. The average molecular weight is 323 g/mol. The number of aliphatic hydroxyl groups is 2. The van der Waals surface area contributed by atoms with Crippen molar-refractivity contribution < 1.29 is 15.0 Å². The first-order valence-electron chi connectivity index (χ1n) is 8.04. The molecule has 4 atom stereocenters. The van der Waals surface area contributed by atoms with Gasteiger partial charge in [-0.05, 0) is 38.5 Å². The zero-order valence-electron chi connectivity index (χ0n) is 12.3. The molecule has 120 valence electrons. The molecule has 0 spiro atoms. The highest BCUT2D eigenvalue weighted by Gasteiger charge is 2.45. The van der Waals surface area contributed by atoms with E-state index in [4.69, 9.17) is 0 Å². The number of amides is 2. The molecule has 3 N–H and O–H groups in total. The van der Waals surface area contributed by atoms with E-state index in [9.17, 15) is 15.0 Å². The van der Waals surface area contributed by atoms with Gasteiger partial charge >= 0.3 is 6.03 Å². The molecule has 1 saturated carbocycles. The molecule has 2 saturated heterocycles. The second-order valence-electron chi connectivity index (χ2n) is 6.61. The van der Waals surface area contributed by atoms with Gasteiger partial charge in [0, 0.05) is 11.3 Å². The highest BCUT2D eigenvalue weighted by Crippen LogP contribution is 2.41. The molecule has 1 aromatic heterocycles. The Balaban J connectivity index is 1.50. The van der Waals surface area contributed by atoms with Crippen molar-refractivity contribution in [2.45, 2.75) is 68.7 Å². The summed E-state index contributed by atoms with van der Waals surface area (Å²) in [4.78, 5) is 18.8. The summed E-state index contributed by atoms with van der Waals surface area (Å²) in [7, 11) is 0. The Morgan fingerprint density at radius 3 is 2.36 bits per heavy atom. The lowest BCUT2D eigenvalue weighted by molar-refractivity contribution is -0.0718. The number of carbonyl (C=O) groups excluding carboxylic acids is 1. The van der Waals surface area contributed by atoms with Gasteiger partial charge in [0.2, 0.25) is 0 Å². The van der Waals surface area contributed by atoms with E-state index in [-0.39, 0.29) is 18.1 Å². The number of fused-ring (bicyclic) bond motifs is 2. The zero-order valence-corrected chi connectivity index (χ0v) is 13.1. The van der Waals surface area contributed by atoms with Crippen molar-refractivity contribution in [2.75, 3.05) is 5.32 Å². The minimum atomic E-state index is -0.493. The third kappa shape index (κ3) is 2.51. The smallest absolute Gasteiger partial charge is 0.324 e. The van der Waals surface area contributed by atoms with Gasteiger partial charge in [0.1, 0.15) is 0 Å². The second kappa shape index (κ2) is 5.47. The molecular formula is C15H21N3O3S. The van der Waals surface area contributed by atoms with Crippen LogP contribution < -0.4 is 5.32 Å². The lowest BCUT2D eigenvalue weighted by atomic mass is 9.81. The summed E-state index contributed by atoms with van der Waals surface area (Å²) in [6.07, 6.45) is 3.99. The summed E-state index contributed by atoms with van der Waals surface area (Å²) in [6, 6.07) is -0.626. The minimum Gasteiger partial charge on any atom is -0.391 e. The Morgan fingerprint density at radius 2 is 1.77 bits per heavy atom. The molecule has 0 unspecified atom stereocenters. The first-order chi connectivity index (χ1) is 10.6. The molecule has 6 nitrogen and oxygen atoms in total. The van der Waals surface area contributed by atoms with Gasteiger partial charge in [-0.1, -0.05) is 0 Å². The number of urea groups is 1. The van der Waals surface area contributed by atoms with Crippen LogP contribution in [-0.4, -0.2) is 50.4 Å². The summed E-state index contributed by atoms with van der Waals surface area (Å²) in [5.41, 5.74) is 1.07. The molecule has 7 heteroatoms. The molecule has 22 heavy (non-hydrogen) atoms. The number of hydrogen-bond acceptors (Lipinski definition) is 5. The van der Waals surface area contributed by atoms with Gasteiger partial charge in [0.15, 0.2) is 5.13 Å². The van der Waals surface area contributed by atoms with Gasteiger partial charge in [0.25, 0.3) is 0 Å². The number of anilines is 1. The summed E-state index contributed by atoms with van der Waals surface area (Å²) in [6.45, 7) is 0. The van der Waals surface area contributed by atoms with Crippen LogP contribution in [0.4, 0.5) is 9.93 Å². The van der Waals surface area contributed by atoms with E-state index in [2.05, 4.69) is 10.3 Å². The Kier molecular flexibility index (Phi) is 3.58. The fourth-order valence-electron chi connectivity index (χ4n) is 3.71. The highest BCUT2D eigenvalue weighted by molar-refractivity contribution is 7.13. The second-order valence-corrected chi connectivity index (χ2v) is 7.47. The maximum Gasteiger partial charge on any atom is 0.324 e. The predicted octanol–water partition coefficient (Wildman–Crippen LogP) is 1.90. The van der Waals surface area contributed by atoms with Crippen molar-refractivity contribution in [3.05, 3.63) is 11.1 Å². The van der Waals surface area contributed by atoms with Crippen LogP contribution in [0, 0.1) is 0 Å². The topological polar surface area (TPSA) is 85.7 Å². The molecule has 2 bridgehead atoms. The number of nitrogens with one attached hydrogen (secondary N) is 1. The van der Waals surface area contributed by atoms with Crippen LogP contribution in [0.1, 0.15) is 50.1 Å². The Morgan fingerprint density at radius 1 is 1.14 bits per heavy atom. The number of aliphatic hydroxyl groups excluding tert-OH is 2. The van der Waals surface area contributed by atoms with Crippen molar-refractivity contribution in [2.24, 2.45) is 0 Å². The fraction of sp³-hybridized carbons (Fsp3) is 0.733. The number of thiazole rings is 1. The van der Waals surface area contributed by atoms with E-state index in [0.717, 1.165) is 5.69 Å². The normalized spacial score (nSPS) is 34.5. The molecule has 2 amide bonds. The molecular weight excluding hydrogens is 302 g/mol. The Labute approximate surface area is 133 Å². The summed E-state index contributed by atoms with van der Waals surface area (Å²) in [5.74, 6) is 0.569. The van der Waals surface area contributed by atoms with Gasteiger partial charge in [-0.3, -0.25) is 5.32 Å². The standard InChI is InChI=1S/C15H21N3O3S/c19-12-5-3-10-13(20)6-4-11(12)18(10)15(21)17-14-16-9(7-22-14)8-1-2-8/h7-8,10-13,19-20H,1-6H2,(H,16,17,21)/t10-,11-,12-,13-/m1/s1. The number of hydrogen-bond donors (Lipinski definition) is 3. The van der Waals surface area contributed by atoms with E-state index in [0.29, 0.717) is 36.7 Å². The molecule has 3 heterocycles. The summed E-state index contributed by atoms with van der Waals surface area (Å²) >= 11 is 1.45. The Bertz CT molecular complexity index is 556. The lowest BCUT2D eigenvalue weighted by Gasteiger charge is -2.49. The van der Waals surface area contributed by atoms with Crippen LogP contribution in [0.3, 0.4) is 0 Å². The van der Waals surface area contributed by atoms with E-state index >= 15 is 0 Å². The molecule has 1 aliphatic carbocycles. The molecule has 1 aromatic rings. The van der Waals surface area contributed by atoms with Crippen molar-refractivity contribution in [1.82, 2.24) is 9.88 Å². The third-order valence-electron chi connectivity index (χ3n) is 5.09. The molecule has 0 radical (unpaired) electrons. The van der Waals surface area contributed by atoms with Crippen LogP contribution in [0.15, 0.2) is 5.38 Å². The lowest BCUT2D eigenvalue weighted by Crippen LogP contribution is -2.63. The van der Waals surface area contributed by atoms with Crippen molar-refractivity contribution in [3.63, 3.8) is 0 Å². The van der Waals surface area contributed by atoms with Crippen LogP contribution in [0.25, 0.3) is 0 Å². The van der Waals surface area contributed by atoms with Crippen molar-refractivity contribution in [3.8, 4) is 0 Å². The third-order valence-corrected chi connectivity index (χ3v) is 5.86. The molecule has 2 aliphatic heterocycles. The van der Waals surface area contributed by atoms with E-state index in [1.807, 2.05) is 5.38 Å². The fourth-order valence-corrected chi connectivity index (χ4v) is 4.50. The quantitative estimate of drug-likeness (QED) is 0.776. The first-order valence-corrected chi connectivity index (χ1v) is 8.92. The molecule has 3 fully saturated rings. The predicted molar refractivity (Wildman–Crippen MR) is 83.0 cm³/mol. The van der Waals surface area contributed by atoms with E-state index in [1.165, 1.54) is 24.2 Å². The van der Waals surface area contributed by atoms with Crippen molar-refractivity contribution in [1.29, 1.82) is 0 Å². The van der Waals surface area contributed by atoms with Gasteiger partial charge < -0.3 is 15.1 Å². The molecule has 3 aliphatic rings.